The summed E-state index contributed by atoms with van der Waals surface area (Å²) in [5.74, 6) is -0.110. The molecule has 2 aromatic heterocycles. The molecule has 3 aromatic rings. The number of carbonyl (C=O) groups is 1. The SMILES string of the molecule is O=C(NCCc1nccs1)c1ccc2n[nH]nc2c1. The first-order valence-electron chi connectivity index (χ1n) is 5.80. The summed E-state index contributed by atoms with van der Waals surface area (Å²) in [5, 5.41) is 16.2. The van der Waals surface area contributed by atoms with Crippen molar-refractivity contribution < 1.29 is 4.79 Å². The Morgan fingerprint density at radius 2 is 2.21 bits per heavy atom. The molecule has 0 fully saturated rings. The third-order valence-corrected chi connectivity index (χ3v) is 3.53. The Hall–Kier alpha value is -2.28. The summed E-state index contributed by atoms with van der Waals surface area (Å²) in [7, 11) is 0. The zero-order valence-electron chi connectivity index (χ0n) is 9.96. The summed E-state index contributed by atoms with van der Waals surface area (Å²) in [6, 6.07) is 5.23. The molecule has 7 heteroatoms. The van der Waals surface area contributed by atoms with E-state index in [0.717, 1.165) is 16.9 Å². The van der Waals surface area contributed by atoms with Crippen LogP contribution in [0.25, 0.3) is 11.0 Å². The molecule has 19 heavy (non-hydrogen) atoms. The predicted octanol–water partition coefficient (Wildman–Crippen LogP) is 1.39. The summed E-state index contributed by atoms with van der Waals surface area (Å²) >= 11 is 1.59. The first kappa shape index (κ1) is 11.8. The van der Waals surface area contributed by atoms with Crippen molar-refractivity contribution in [3.8, 4) is 0 Å². The predicted molar refractivity (Wildman–Crippen MR) is 72.0 cm³/mol. The van der Waals surface area contributed by atoms with Gasteiger partial charge in [0.25, 0.3) is 5.91 Å². The number of fused-ring (bicyclic) bond motifs is 1. The van der Waals surface area contributed by atoms with E-state index >= 15 is 0 Å². The van der Waals surface area contributed by atoms with Crippen LogP contribution in [0.1, 0.15) is 15.4 Å². The third kappa shape index (κ3) is 2.60. The van der Waals surface area contributed by atoms with E-state index in [2.05, 4.69) is 25.7 Å². The van der Waals surface area contributed by atoms with E-state index in [-0.39, 0.29) is 5.91 Å². The summed E-state index contributed by atoms with van der Waals surface area (Å²) in [4.78, 5) is 16.1. The molecule has 0 bridgehead atoms. The highest BCUT2D eigenvalue weighted by molar-refractivity contribution is 7.09. The number of nitrogens with zero attached hydrogens (tertiary/aromatic N) is 3. The van der Waals surface area contributed by atoms with Crippen molar-refractivity contribution in [2.24, 2.45) is 0 Å². The lowest BCUT2D eigenvalue weighted by Crippen LogP contribution is -2.25. The van der Waals surface area contributed by atoms with E-state index < -0.39 is 0 Å². The normalized spacial score (nSPS) is 10.7. The maximum absolute atomic E-state index is 12.0. The van der Waals surface area contributed by atoms with Crippen LogP contribution in [0.4, 0.5) is 0 Å². The van der Waals surface area contributed by atoms with Crippen LogP contribution >= 0.6 is 11.3 Å². The highest BCUT2D eigenvalue weighted by atomic mass is 32.1. The molecular formula is C12H11N5OS. The van der Waals surface area contributed by atoms with Crippen molar-refractivity contribution >= 4 is 28.3 Å². The maximum atomic E-state index is 12.0. The number of H-pyrrole nitrogens is 1. The van der Waals surface area contributed by atoms with Crippen LogP contribution in [0.15, 0.2) is 29.8 Å². The van der Waals surface area contributed by atoms with Gasteiger partial charge in [-0.05, 0) is 18.2 Å². The molecule has 1 amide bonds. The highest BCUT2D eigenvalue weighted by Gasteiger charge is 2.07. The Balaban J connectivity index is 1.63. The third-order valence-electron chi connectivity index (χ3n) is 2.69. The standard InChI is InChI=1S/C12H11N5OS/c18-12(14-4-3-11-13-5-6-19-11)8-1-2-9-10(7-8)16-17-15-9/h1-2,5-7H,3-4H2,(H,14,18)(H,15,16,17). The number of aromatic nitrogens is 4. The van der Waals surface area contributed by atoms with Crippen LogP contribution < -0.4 is 5.32 Å². The quantitative estimate of drug-likeness (QED) is 0.752. The van der Waals surface area contributed by atoms with Crippen molar-refractivity contribution in [2.75, 3.05) is 6.54 Å². The highest BCUT2D eigenvalue weighted by Crippen LogP contribution is 2.10. The number of nitrogens with one attached hydrogen (secondary N) is 2. The number of rotatable bonds is 4. The van der Waals surface area contributed by atoms with Crippen LogP contribution in [0.2, 0.25) is 0 Å². The zero-order chi connectivity index (χ0) is 13.1. The van der Waals surface area contributed by atoms with E-state index in [0.29, 0.717) is 17.6 Å². The van der Waals surface area contributed by atoms with Gasteiger partial charge in [0, 0.05) is 30.1 Å². The monoisotopic (exact) mass is 273 g/mol. The average molecular weight is 273 g/mol. The van der Waals surface area contributed by atoms with Gasteiger partial charge < -0.3 is 5.32 Å². The number of thiazole rings is 1. The molecule has 2 heterocycles. The Kier molecular flexibility index (Phi) is 3.20. The van der Waals surface area contributed by atoms with Gasteiger partial charge in [0.05, 0.1) is 5.01 Å². The van der Waals surface area contributed by atoms with E-state index in [1.807, 2.05) is 5.38 Å². The lowest BCUT2D eigenvalue weighted by molar-refractivity contribution is 0.0954. The Bertz CT molecular complexity index is 691. The lowest BCUT2D eigenvalue weighted by Gasteiger charge is -2.03. The fourth-order valence-electron chi connectivity index (χ4n) is 1.74. The second kappa shape index (κ2) is 5.15. The number of amides is 1. The van der Waals surface area contributed by atoms with Crippen LogP contribution in [-0.4, -0.2) is 32.8 Å². The van der Waals surface area contributed by atoms with Crippen molar-refractivity contribution in [3.05, 3.63) is 40.3 Å². The average Bonchev–Trinajstić information content (AvgIpc) is 3.08. The Labute approximate surface area is 112 Å². The molecule has 0 atom stereocenters. The van der Waals surface area contributed by atoms with Crippen molar-refractivity contribution in [1.82, 2.24) is 25.7 Å². The molecule has 3 rings (SSSR count). The molecule has 1 aromatic carbocycles. The smallest absolute Gasteiger partial charge is 0.251 e. The minimum atomic E-state index is -0.110. The Morgan fingerprint density at radius 3 is 3.05 bits per heavy atom. The van der Waals surface area contributed by atoms with Crippen LogP contribution in [0, 0.1) is 0 Å². The number of hydrogen-bond acceptors (Lipinski definition) is 5. The van der Waals surface area contributed by atoms with Crippen LogP contribution in [0.3, 0.4) is 0 Å². The van der Waals surface area contributed by atoms with Gasteiger partial charge in [-0.2, -0.15) is 15.4 Å². The van der Waals surface area contributed by atoms with Gasteiger partial charge >= 0.3 is 0 Å². The lowest BCUT2D eigenvalue weighted by atomic mass is 10.2. The van der Waals surface area contributed by atoms with Gasteiger partial charge in [-0.1, -0.05) is 0 Å². The van der Waals surface area contributed by atoms with Crippen molar-refractivity contribution in [2.45, 2.75) is 6.42 Å². The Morgan fingerprint density at radius 1 is 1.32 bits per heavy atom. The first-order valence-corrected chi connectivity index (χ1v) is 6.68. The van der Waals surface area contributed by atoms with Gasteiger partial charge in [0.2, 0.25) is 0 Å². The van der Waals surface area contributed by atoms with E-state index in [4.69, 9.17) is 0 Å². The largest absolute Gasteiger partial charge is 0.352 e. The van der Waals surface area contributed by atoms with Crippen LogP contribution in [-0.2, 0) is 6.42 Å². The van der Waals surface area contributed by atoms with Crippen LogP contribution in [0.5, 0.6) is 0 Å². The van der Waals surface area contributed by atoms with Gasteiger partial charge in [-0.25, -0.2) is 4.98 Å². The topological polar surface area (TPSA) is 83.6 Å². The van der Waals surface area contributed by atoms with Gasteiger partial charge in [0.15, 0.2) is 0 Å². The number of benzene rings is 1. The first-order chi connectivity index (χ1) is 9.33. The maximum Gasteiger partial charge on any atom is 0.251 e. The van der Waals surface area contributed by atoms with Gasteiger partial charge in [0.1, 0.15) is 11.0 Å². The van der Waals surface area contributed by atoms with E-state index in [9.17, 15) is 4.79 Å². The molecule has 6 nitrogen and oxygen atoms in total. The minimum Gasteiger partial charge on any atom is -0.352 e. The number of hydrogen-bond donors (Lipinski definition) is 2. The molecule has 0 aliphatic carbocycles. The molecule has 96 valence electrons. The van der Waals surface area contributed by atoms with Gasteiger partial charge in [-0.15, -0.1) is 11.3 Å². The second-order valence-electron chi connectivity index (χ2n) is 3.96. The molecular weight excluding hydrogens is 262 g/mol. The molecule has 0 saturated carbocycles. The molecule has 0 spiro atoms. The summed E-state index contributed by atoms with van der Waals surface area (Å²) in [5.41, 5.74) is 2.02. The molecule has 0 unspecified atom stereocenters. The van der Waals surface area contributed by atoms with E-state index in [1.54, 1.807) is 35.7 Å². The zero-order valence-corrected chi connectivity index (χ0v) is 10.8. The van der Waals surface area contributed by atoms with Crippen molar-refractivity contribution in [3.63, 3.8) is 0 Å². The number of carbonyl (C=O) groups excluding carboxylic acids is 1. The van der Waals surface area contributed by atoms with Gasteiger partial charge in [-0.3, -0.25) is 4.79 Å². The molecule has 0 aliphatic rings. The minimum absolute atomic E-state index is 0.110. The molecule has 0 radical (unpaired) electrons. The fraction of sp³-hybridized carbons (Fsp3) is 0.167. The second-order valence-corrected chi connectivity index (χ2v) is 4.94. The number of aromatic amines is 1. The summed E-state index contributed by atoms with van der Waals surface area (Å²) in [6.07, 6.45) is 2.51. The van der Waals surface area contributed by atoms with E-state index in [1.165, 1.54) is 0 Å². The summed E-state index contributed by atoms with van der Waals surface area (Å²) < 4.78 is 0. The van der Waals surface area contributed by atoms with Crippen molar-refractivity contribution in [1.29, 1.82) is 0 Å². The fourth-order valence-corrected chi connectivity index (χ4v) is 2.36. The molecule has 0 aliphatic heterocycles. The molecule has 0 saturated heterocycles. The molecule has 2 N–H and O–H groups in total. The summed E-state index contributed by atoms with van der Waals surface area (Å²) in [6.45, 7) is 0.573.